The van der Waals surface area contributed by atoms with Crippen molar-refractivity contribution in [2.45, 2.75) is 40.0 Å². The number of nitrogens with one attached hydrogen (secondary N) is 2. The van der Waals surface area contributed by atoms with Crippen molar-refractivity contribution < 1.29 is 4.74 Å². The fourth-order valence-electron chi connectivity index (χ4n) is 2.10. The number of aryl methyl sites for hydroxylation is 1. The zero-order chi connectivity index (χ0) is 16.4. The number of rotatable bonds is 8. The maximum atomic E-state index is 5.34. The third-order valence-corrected chi connectivity index (χ3v) is 3.55. The lowest BCUT2D eigenvalue weighted by molar-refractivity contribution is 0.152. The highest BCUT2D eigenvalue weighted by atomic mass is 16.5. The molecule has 0 aliphatic rings. The topological polar surface area (TPSA) is 45.7 Å². The molecule has 0 unspecified atom stereocenters. The van der Waals surface area contributed by atoms with Crippen molar-refractivity contribution in [2.24, 2.45) is 4.99 Å². The number of ether oxygens (including phenoxy) is 1. The quantitative estimate of drug-likeness (QED) is 0.441. The minimum atomic E-state index is 0.00989. The van der Waals surface area contributed by atoms with Gasteiger partial charge in [0.2, 0.25) is 0 Å². The summed E-state index contributed by atoms with van der Waals surface area (Å²) < 4.78 is 5.34. The van der Waals surface area contributed by atoms with Gasteiger partial charge in [-0.05, 0) is 26.3 Å². The van der Waals surface area contributed by atoms with Crippen LogP contribution in [0.15, 0.2) is 29.3 Å². The van der Waals surface area contributed by atoms with Gasteiger partial charge in [0.25, 0.3) is 0 Å². The first-order chi connectivity index (χ1) is 10.5. The molecule has 0 fully saturated rings. The molecule has 0 heterocycles. The maximum absolute atomic E-state index is 5.34. The van der Waals surface area contributed by atoms with Gasteiger partial charge in [0, 0.05) is 25.1 Å². The van der Waals surface area contributed by atoms with Crippen molar-refractivity contribution in [3.8, 4) is 0 Å². The van der Waals surface area contributed by atoms with Crippen molar-refractivity contribution in [1.29, 1.82) is 0 Å². The number of guanidine groups is 1. The predicted octanol–water partition coefficient (Wildman–Crippen LogP) is 2.86. The molecular formula is C18H31N3O. The molecule has 0 aromatic heterocycles. The number of nitrogens with zero attached hydrogens (tertiary/aromatic N) is 1. The van der Waals surface area contributed by atoms with Crippen molar-refractivity contribution in [1.82, 2.24) is 10.6 Å². The third kappa shape index (κ3) is 6.48. The van der Waals surface area contributed by atoms with Crippen molar-refractivity contribution >= 4 is 5.96 Å². The molecule has 0 spiro atoms. The molecule has 0 saturated heterocycles. The molecule has 1 aromatic carbocycles. The van der Waals surface area contributed by atoms with Gasteiger partial charge >= 0.3 is 0 Å². The van der Waals surface area contributed by atoms with E-state index in [1.165, 1.54) is 11.1 Å². The van der Waals surface area contributed by atoms with Crippen molar-refractivity contribution in [3.63, 3.8) is 0 Å². The maximum Gasteiger partial charge on any atom is 0.191 e. The molecule has 1 aromatic rings. The van der Waals surface area contributed by atoms with Crippen LogP contribution in [0.1, 0.15) is 38.8 Å². The van der Waals surface area contributed by atoms with Gasteiger partial charge in [0.05, 0.1) is 13.2 Å². The first-order valence-corrected chi connectivity index (χ1v) is 8.16. The Labute approximate surface area is 135 Å². The van der Waals surface area contributed by atoms with Crippen LogP contribution in [0.5, 0.6) is 0 Å². The summed E-state index contributed by atoms with van der Waals surface area (Å²) >= 11 is 0. The summed E-state index contributed by atoms with van der Waals surface area (Å²) in [5, 5.41) is 6.58. The number of hydrogen-bond donors (Lipinski definition) is 2. The summed E-state index contributed by atoms with van der Waals surface area (Å²) in [6, 6.07) is 8.71. The summed E-state index contributed by atoms with van der Waals surface area (Å²) in [7, 11) is 0. The van der Waals surface area contributed by atoms with Gasteiger partial charge in [-0.3, -0.25) is 4.99 Å². The molecule has 124 valence electrons. The third-order valence-electron chi connectivity index (χ3n) is 3.55. The summed E-state index contributed by atoms with van der Waals surface area (Å²) in [5.41, 5.74) is 2.61. The van der Waals surface area contributed by atoms with Crippen LogP contribution in [-0.2, 0) is 10.2 Å². The minimum Gasteiger partial charge on any atom is -0.380 e. The summed E-state index contributed by atoms with van der Waals surface area (Å²) in [6.45, 7) is 14.4. The van der Waals surface area contributed by atoms with E-state index in [9.17, 15) is 0 Å². The standard InChI is InChI=1S/C18H31N3O/c1-6-19-17(20-12-13-22-7-2)21-14-18(4,5)16-10-8-15(3)9-11-16/h8-11H,6-7,12-14H2,1-5H3,(H2,19,20,21). The van der Waals surface area contributed by atoms with E-state index in [1.807, 2.05) is 6.92 Å². The van der Waals surface area contributed by atoms with Gasteiger partial charge in [-0.2, -0.15) is 0 Å². The Balaban J connectivity index is 2.64. The second-order valence-corrected chi connectivity index (χ2v) is 6.07. The number of hydrogen-bond acceptors (Lipinski definition) is 2. The van der Waals surface area contributed by atoms with E-state index >= 15 is 0 Å². The zero-order valence-corrected chi connectivity index (χ0v) is 14.7. The van der Waals surface area contributed by atoms with Crippen LogP contribution in [0.4, 0.5) is 0 Å². The Bertz CT molecular complexity index is 452. The molecule has 0 atom stereocenters. The van der Waals surface area contributed by atoms with E-state index < -0.39 is 0 Å². The van der Waals surface area contributed by atoms with Gasteiger partial charge in [-0.1, -0.05) is 43.7 Å². The van der Waals surface area contributed by atoms with Crippen molar-refractivity contribution in [2.75, 3.05) is 32.8 Å². The molecule has 4 heteroatoms. The average Bonchev–Trinajstić information content (AvgIpc) is 2.49. The van der Waals surface area contributed by atoms with E-state index in [0.717, 1.165) is 32.2 Å². The normalized spacial score (nSPS) is 12.3. The summed E-state index contributed by atoms with van der Waals surface area (Å²) in [4.78, 5) is 4.72. The molecule has 2 N–H and O–H groups in total. The Kier molecular flexibility index (Phi) is 7.96. The lowest BCUT2D eigenvalue weighted by Gasteiger charge is -2.24. The average molecular weight is 305 g/mol. The van der Waals surface area contributed by atoms with Gasteiger partial charge in [0.15, 0.2) is 5.96 Å². The molecule has 1 rings (SSSR count). The Morgan fingerprint density at radius 1 is 1.14 bits per heavy atom. The molecule has 0 aliphatic carbocycles. The van der Waals surface area contributed by atoms with Crippen molar-refractivity contribution in [3.05, 3.63) is 35.4 Å². The zero-order valence-electron chi connectivity index (χ0n) is 14.7. The first-order valence-electron chi connectivity index (χ1n) is 8.16. The van der Waals surface area contributed by atoms with E-state index in [2.05, 4.69) is 62.6 Å². The van der Waals surface area contributed by atoms with Crippen LogP contribution in [0.3, 0.4) is 0 Å². The SMILES string of the molecule is CCNC(=NCC(C)(C)c1ccc(C)cc1)NCCOCC. The minimum absolute atomic E-state index is 0.00989. The van der Waals surface area contributed by atoms with E-state index in [4.69, 9.17) is 9.73 Å². The highest BCUT2D eigenvalue weighted by Gasteiger charge is 2.20. The molecule has 22 heavy (non-hydrogen) atoms. The van der Waals surface area contributed by atoms with Crippen LogP contribution >= 0.6 is 0 Å². The first kappa shape index (κ1) is 18.5. The lowest BCUT2D eigenvalue weighted by Crippen LogP contribution is -2.40. The Morgan fingerprint density at radius 2 is 1.82 bits per heavy atom. The summed E-state index contributed by atoms with van der Waals surface area (Å²) in [6.07, 6.45) is 0. The highest BCUT2D eigenvalue weighted by Crippen LogP contribution is 2.23. The van der Waals surface area contributed by atoms with Crippen LogP contribution < -0.4 is 10.6 Å². The second kappa shape index (κ2) is 9.46. The van der Waals surface area contributed by atoms with Crippen LogP contribution in [0, 0.1) is 6.92 Å². The van der Waals surface area contributed by atoms with Crippen LogP contribution in [0.2, 0.25) is 0 Å². The highest BCUT2D eigenvalue weighted by molar-refractivity contribution is 5.79. The second-order valence-electron chi connectivity index (χ2n) is 6.07. The number of benzene rings is 1. The van der Waals surface area contributed by atoms with Gasteiger partial charge in [0.1, 0.15) is 0 Å². The largest absolute Gasteiger partial charge is 0.380 e. The molecular weight excluding hydrogens is 274 g/mol. The van der Waals surface area contributed by atoms with E-state index in [0.29, 0.717) is 6.61 Å². The molecule has 0 aliphatic heterocycles. The predicted molar refractivity (Wildman–Crippen MR) is 94.7 cm³/mol. The summed E-state index contributed by atoms with van der Waals surface area (Å²) in [5.74, 6) is 0.849. The fraction of sp³-hybridized carbons (Fsp3) is 0.611. The Hall–Kier alpha value is -1.55. The molecule has 0 saturated carbocycles. The van der Waals surface area contributed by atoms with Crippen LogP contribution in [0.25, 0.3) is 0 Å². The van der Waals surface area contributed by atoms with Gasteiger partial charge < -0.3 is 15.4 Å². The molecule has 0 radical (unpaired) electrons. The Morgan fingerprint density at radius 3 is 2.41 bits per heavy atom. The fourth-order valence-corrected chi connectivity index (χ4v) is 2.10. The van der Waals surface area contributed by atoms with Gasteiger partial charge in [-0.25, -0.2) is 0 Å². The smallest absolute Gasteiger partial charge is 0.191 e. The lowest BCUT2D eigenvalue weighted by atomic mass is 9.84. The molecule has 0 bridgehead atoms. The molecule has 4 nitrogen and oxygen atoms in total. The molecule has 0 amide bonds. The van der Waals surface area contributed by atoms with E-state index in [1.54, 1.807) is 0 Å². The van der Waals surface area contributed by atoms with Gasteiger partial charge in [-0.15, -0.1) is 0 Å². The number of aliphatic imine (C=N–C) groups is 1. The monoisotopic (exact) mass is 305 g/mol. The van der Waals surface area contributed by atoms with E-state index in [-0.39, 0.29) is 5.41 Å². The van der Waals surface area contributed by atoms with Crippen LogP contribution in [-0.4, -0.2) is 38.8 Å².